The quantitative estimate of drug-likeness (QED) is 0.433. The van der Waals surface area contributed by atoms with Gasteiger partial charge in [-0.25, -0.2) is 0 Å². The second-order valence-electron chi connectivity index (χ2n) is 8.49. The number of aliphatic hydroxyl groups excluding tert-OH is 1. The van der Waals surface area contributed by atoms with Crippen molar-refractivity contribution in [3.63, 3.8) is 0 Å². The van der Waals surface area contributed by atoms with Gasteiger partial charge in [-0.1, -0.05) is 0 Å². The molecule has 172 valence electrons. The van der Waals surface area contributed by atoms with Crippen molar-refractivity contribution < 1.29 is 22.1 Å². The Morgan fingerprint density at radius 2 is 0.781 bits per heavy atom. The van der Waals surface area contributed by atoms with Crippen LogP contribution in [0.2, 0.25) is 0 Å². The van der Waals surface area contributed by atoms with E-state index in [0.29, 0.717) is 0 Å². The van der Waals surface area contributed by atoms with Gasteiger partial charge in [-0.15, -0.1) is 0 Å². The van der Waals surface area contributed by atoms with Gasteiger partial charge >= 0.3 is 0 Å². The van der Waals surface area contributed by atoms with Crippen LogP contribution in [0, 0.1) is 0 Å². The Morgan fingerprint density at radius 1 is 0.531 bits per heavy atom. The van der Waals surface area contributed by atoms with Gasteiger partial charge in [-0.3, -0.25) is 0 Å². The maximum absolute atomic E-state index is 10.2. The molecule has 0 aliphatic rings. The fourth-order valence-electron chi connectivity index (χ4n) is 4.00. The van der Waals surface area contributed by atoms with E-state index in [-0.39, 0.29) is 23.6 Å². The second kappa shape index (κ2) is 11.2. The van der Waals surface area contributed by atoms with Crippen LogP contribution in [0.5, 0.6) is 0 Å². The molecule has 6 heteroatoms. The molecule has 3 aromatic rings. The zero-order chi connectivity index (χ0) is 22.6. The molecule has 0 aromatic heterocycles. The minimum absolute atomic E-state index is 0. The van der Waals surface area contributed by atoms with Gasteiger partial charge in [0.2, 0.25) is 0 Å². The Morgan fingerprint density at radius 3 is 0.969 bits per heavy atom. The van der Waals surface area contributed by atoms with Gasteiger partial charge in [0.05, 0.1) is 12.8 Å². The molecule has 0 unspecified atom stereocenters. The van der Waals surface area contributed by atoms with Crippen molar-refractivity contribution in [1.29, 1.82) is 0 Å². The first-order chi connectivity index (χ1) is 14.8. The molecule has 1 N–H and O–H groups in total. The number of nitrogens with zero attached hydrogens (tertiary/aromatic N) is 3. The lowest BCUT2D eigenvalue weighted by Crippen LogP contribution is -3.00. The summed E-state index contributed by atoms with van der Waals surface area (Å²) in [6.07, 6.45) is 0.719. The minimum Gasteiger partial charge on any atom is -1.00 e. The van der Waals surface area contributed by atoms with Crippen LogP contribution in [0.3, 0.4) is 0 Å². The number of hydrogen-bond donors (Lipinski definition) is 1. The van der Waals surface area contributed by atoms with E-state index in [1.165, 1.54) is 33.0 Å². The topological polar surface area (TPSA) is 30.0 Å². The van der Waals surface area contributed by atoms with E-state index < -0.39 is 7.26 Å². The highest BCUT2D eigenvalue weighted by atomic mass is 79.9. The van der Waals surface area contributed by atoms with Gasteiger partial charge in [0.25, 0.3) is 0 Å². The normalized spacial score (nSPS) is 11.0. The van der Waals surface area contributed by atoms with Gasteiger partial charge in [0.1, 0.15) is 23.2 Å². The van der Waals surface area contributed by atoms with Crippen molar-refractivity contribution in [1.82, 2.24) is 0 Å². The molecule has 0 fully saturated rings. The molecule has 0 spiro atoms. The average molecular weight is 516 g/mol. The van der Waals surface area contributed by atoms with Gasteiger partial charge < -0.3 is 36.8 Å². The van der Waals surface area contributed by atoms with Crippen LogP contribution in [-0.2, 0) is 0 Å². The van der Waals surface area contributed by atoms with Crippen LogP contribution in [0.1, 0.15) is 0 Å². The van der Waals surface area contributed by atoms with E-state index in [1.807, 2.05) is 0 Å². The Bertz CT molecular complexity index is 846. The minimum atomic E-state index is -2.01. The van der Waals surface area contributed by atoms with Crippen molar-refractivity contribution in [2.75, 3.05) is 69.8 Å². The largest absolute Gasteiger partial charge is 1.00 e. The van der Waals surface area contributed by atoms with Gasteiger partial charge in [-0.05, 0) is 72.8 Å². The van der Waals surface area contributed by atoms with E-state index in [2.05, 4.69) is 130 Å². The highest BCUT2D eigenvalue weighted by molar-refractivity contribution is 7.95. The van der Waals surface area contributed by atoms with E-state index in [9.17, 15) is 5.11 Å². The van der Waals surface area contributed by atoms with Crippen molar-refractivity contribution in [2.24, 2.45) is 0 Å². The number of halogens is 1. The summed E-state index contributed by atoms with van der Waals surface area (Å²) in [5, 5.41) is 14.1. The summed E-state index contributed by atoms with van der Waals surface area (Å²) < 4.78 is 0. The molecular formula is C26H35BrN3OP. The smallest absolute Gasteiger partial charge is 0.114 e. The number of benzene rings is 3. The fraction of sp³-hybridized carbons (Fsp3) is 0.308. The summed E-state index contributed by atoms with van der Waals surface area (Å²) in [6.45, 7) is 0.147. The molecule has 32 heavy (non-hydrogen) atoms. The third-order valence-electron chi connectivity index (χ3n) is 5.86. The summed E-state index contributed by atoms with van der Waals surface area (Å²) >= 11 is 0. The summed E-state index contributed by atoms with van der Waals surface area (Å²) in [4.78, 5) is 6.36. The van der Waals surface area contributed by atoms with E-state index >= 15 is 0 Å². The molecule has 3 aromatic carbocycles. The summed E-state index contributed by atoms with van der Waals surface area (Å²) in [7, 11) is 10.4. The average Bonchev–Trinajstić information content (AvgIpc) is 2.78. The molecule has 4 nitrogen and oxygen atoms in total. The Labute approximate surface area is 204 Å². The lowest BCUT2D eigenvalue weighted by atomic mass is 10.3. The van der Waals surface area contributed by atoms with E-state index in [0.717, 1.165) is 6.16 Å². The highest BCUT2D eigenvalue weighted by Gasteiger charge is 2.45. The van der Waals surface area contributed by atoms with E-state index in [1.54, 1.807) is 0 Å². The SMILES string of the molecule is CN(C)c1ccc([P+](CCO)(c2ccc(N(C)C)cc2)c2ccc(N(C)C)cc2)cc1.[Br-]. The Kier molecular flexibility index (Phi) is 9.15. The van der Waals surface area contributed by atoms with Crippen LogP contribution in [0.15, 0.2) is 72.8 Å². The van der Waals surface area contributed by atoms with Crippen LogP contribution >= 0.6 is 7.26 Å². The standard InChI is InChI=1S/C26H35N3OP.BrH/c1-27(2)21-7-13-24(14-8-21)31(20-19-30,25-15-9-22(10-16-25)28(3)4)26-17-11-23(12-18-26)29(5)6;/h7-18,30H,19-20H2,1-6H3;1H/q+1;/p-1. The van der Waals surface area contributed by atoms with Crippen LogP contribution in [0.4, 0.5) is 17.1 Å². The predicted molar refractivity (Wildman–Crippen MR) is 140 cm³/mol. The zero-order valence-electron chi connectivity index (χ0n) is 20.0. The molecule has 0 amide bonds. The van der Waals surface area contributed by atoms with Crippen molar-refractivity contribution in [2.45, 2.75) is 0 Å². The summed E-state index contributed by atoms with van der Waals surface area (Å²) in [5.41, 5.74) is 3.53. The van der Waals surface area contributed by atoms with Gasteiger partial charge in [-0.2, -0.15) is 0 Å². The van der Waals surface area contributed by atoms with Gasteiger partial charge in [0.15, 0.2) is 0 Å². The summed E-state index contributed by atoms with van der Waals surface area (Å²) in [5.74, 6) is 0. The van der Waals surface area contributed by atoms with Crippen molar-refractivity contribution >= 4 is 40.2 Å². The van der Waals surface area contributed by atoms with Crippen molar-refractivity contribution in [3.8, 4) is 0 Å². The first-order valence-electron chi connectivity index (χ1n) is 10.6. The molecule has 0 aliphatic carbocycles. The highest BCUT2D eigenvalue weighted by Crippen LogP contribution is 2.55. The number of anilines is 3. The third-order valence-corrected chi connectivity index (χ3v) is 10.3. The summed E-state index contributed by atoms with van der Waals surface area (Å²) in [6, 6.07) is 26.6. The lowest BCUT2D eigenvalue weighted by Gasteiger charge is -2.28. The molecular weight excluding hydrogens is 481 g/mol. The molecule has 0 radical (unpaired) electrons. The fourth-order valence-corrected chi connectivity index (χ4v) is 7.94. The lowest BCUT2D eigenvalue weighted by molar-refractivity contribution is -0.00000748. The second-order valence-corrected chi connectivity index (χ2v) is 12.1. The molecule has 0 atom stereocenters. The molecule has 0 heterocycles. The number of rotatable bonds is 8. The number of hydrogen-bond acceptors (Lipinski definition) is 4. The van der Waals surface area contributed by atoms with Gasteiger partial charge in [0, 0.05) is 59.3 Å². The Balaban J connectivity index is 0.00000363. The molecule has 0 aliphatic heterocycles. The van der Waals surface area contributed by atoms with Crippen LogP contribution in [-0.4, -0.2) is 60.2 Å². The number of aliphatic hydroxyl groups is 1. The first kappa shape index (κ1) is 26.2. The van der Waals surface area contributed by atoms with E-state index in [4.69, 9.17) is 0 Å². The van der Waals surface area contributed by atoms with Crippen molar-refractivity contribution in [3.05, 3.63) is 72.8 Å². The molecule has 3 rings (SSSR count). The molecule has 0 saturated heterocycles. The maximum atomic E-state index is 10.2. The Hall–Kier alpha value is -2.07. The monoisotopic (exact) mass is 515 g/mol. The molecule has 0 saturated carbocycles. The van der Waals surface area contributed by atoms with Crippen LogP contribution in [0.25, 0.3) is 0 Å². The predicted octanol–water partition coefficient (Wildman–Crippen LogP) is 0.175. The zero-order valence-corrected chi connectivity index (χ0v) is 22.4. The first-order valence-corrected chi connectivity index (χ1v) is 12.6. The molecule has 0 bridgehead atoms. The third kappa shape index (κ3) is 5.28. The van der Waals surface area contributed by atoms with Crippen LogP contribution < -0.4 is 47.6 Å². The maximum Gasteiger partial charge on any atom is 0.114 e.